The minimum absolute atomic E-state index is 0.300. The fraction of sp³-hybridized carbons (Fsp3) is 0.400. The Bertz CT molecular complexity index is 553. The van der Waals surface area contributed by atoms with Crippen molar-refractivity contribution in [1.29, 1.82) is 0 Å². The van der Waals surface area contributed by atoms with Crippen LogP contribution in [-0.4, -0.2) is 23.8 Å². The van der Waals surface area contributed by atoms with Crippen molar-refractivity contribution in [1.82, 2.24) is 4.98 Å². The molecule has 3 nitrogen and oxygen atoms in total. The smallest absolute Gasteiger partial charge is 0.113 e. The number of ether oxygens (including phenoxy) is 1. The summed E-state index contributed by atoms with van der Waals surface area (Å²) in [6.07, 6.45) is 0.617. The fourth-order valence-electron chi connectivity index (χ4n) is 2.15. The van der Waals surface area contributed by atoms with Gasteiger partial charge >= 0.3 is 0 Å². The number of aromatic nitrogens is 1. The van der Waals surface area contributed by atoms with Gasteiger partial charge in [-0.1, -0.05) is 19.1 Å². The number of aryl methyl sites for hydroxylation is 1. The first kappa shape index (κ1) is 13.0. The number of hydrogen-bond acceptors (Lipinski definition) is 3. The molecule has 1 atom stereocenters. The van der Waals surface area contributed by atoms with Gasteiger partial charge in [0.1, 0.15) is 5.60 Å². The van der Waals surface area contributed by atoms with Crippen LogP contribution in [-0.2, 0) is 10.3 Å². The summed E-state index contributed by atoms with van der Waals surface area (Å²) in [6.45, 7) is 4.23. The van der Waals surface area contributed by atoms with E-state index >= 15 is 0 Å². The number of fused-ring (bicyclic) bond motifs is 1. The van der Waals surface area contributed by atoms with Crippen LogP contribution in [0.15, 0.2) is 30.3 Å². The summed E-state index contributed by atoms with van der Waals surface area (Å²) < 4.78 is 5.12. The van der Waals surface area contributed by atoms with Gasteiger partial charge in [-0.25, -0.2) is 0 Å². The normalized spacial score (nSPS) is 14.7. The SMILES string of the molecule is CCC(O)(COC)c1ccc2nc(C)ccc2c1. The van der Waals surface area contributed by atoms with E-state index in [-0.39, 0.29) is 0 Å². The van der Waals surface area contributed by atoms with E-state index in [9.17, 15) is 5.11 Å². The molecule has 2 rings (SSSR count). The number of hydrogen-bond donors (Lipinski definition) is 1. The van der Waals surface area contributed by atoms with Crippen molar-refractivity contribution in [2.45, 2.75) is 25.9 Å². The molecule has 1 aromatic heterocycles. The maximum Gasteiger partial charge on any atom is 0.113 e. The Morgan fingerprint density at radius 1 is 1.28 bits per heavy atom. The van der Waals surface area contributed by atoms with Gasteiger partial charge in [0.05, 0.1) is 12.1 Å². The highest BCUT2D eigenvalue weighted by Gasteiger charge is 2.27. The Kier molecular flexibility index (Phi) is 3.64. The van der Waals surface area contributed by atoms with E-state index in [4.69, 9.17) is 4.74 Å². The second-order valence-electron chi connectivity index (χ2n) is 4.68. The standard InChI is InChI=1S/C15H19NO2/c1-4-15(17,10-18-3)13-7-8-14-12(9-13)6-5-11(2)16-14/h5-9,17H,4,10H2,1-3H3. The third-order valence-electron chi connectivity index (χ3n) is 3.33. The molecule has 2 aromatic rings. The zero-order valence-corrected chi connectivity index (χ0v) is 11.1. The zero-order chi connectivity index (χ0) is 13.2. The number of methoxy groups -OCH3 is 1. The van der Waals surface area contributed by atoms with Crippen molar-refractivity contribution in [3.05, 3.63) is 41.6 Å². The Balaban J connectivity index is 2.49. The minimum atomic E-state index is -0.923. The summed E-state index contributed by atoms with van der Waals surface area (Å²) in [5.41, 5.74) is 1.91. The second kappa shape index (κ2) is 5.04. The molecule has 0 saturated heterocycles. The number of benzene rings is 1. The molecule has 18 heavy (non-hydrogen) atoms. The molecule has 1 unspecified atom stereocenters. The van der Waals surface area contributed by atoms with Crippen LogP contribution in [0, 0.1) is 6.92 Å². The van der Waals surface area contributed by atoms with Crippen molar-refractivity contribution >= 4 is 10.9 Å². The molecule has 1 aromatic carbocycles. The van der Waals surface area contributed by atoms with Crippen LogP contribution in [0.3, 0.4) is 0 Å². The van der Waals surface area contributed by atoms with Crippen LogP contribution >= 0.6 is 0 Å². The van der Waals surface area contributed by atoms with Gasteiger partial charge < -0.3 is 9.84 Å². The molecular formula is C15H19NO2. The zero-order valence-electron chi connectivity index (χ0n) is 11.1. The van der Waals surface area contributed by atoms with Gasteiger partial charge in [-0.3, -0.25) is 4.98 Å². The molecule has 0 saturated carbocycles. The summed E-state index contributed by atoms with van der Waals surface area (Å²) in [6, 6.07) is 9.88. The van der Waals surface area contributed by atoms with E-state index in [1.54, 1.807) is 7.11 Å². The summed E-state index contributed by atoms with van der Waals surface area (Å²) in [5, 5.41) is 11.6. The first-order valence-corrected chi connectivity index (χ1v) is 6.18. The molecule has 0 aliphatic carbocycles. The maximum absolute atomic E-state index is 10.6. The van der Waals surface area contributed by atoms with Gasteiger partial charge in [0.2, 0.25) is 0 Å². The first-order chi connectivity index (χ1) is 8.59. The molecular weight excluding hydrogens is 226 g/mol. The molecule has 96 valence electrons. The van der Waals surface area contributed by atoms with Crippen molar-refractivity contribution in [2.75, 3.05) is 13.7 Å². The first-order valence-electron chi connectivity index (χ1n) is 6.18. The topological polar surface area (TPSA) is 42.4 Å². The van der Waals surface area contributed by atoms with Gasteiger partial charge in [0.25, 0.3) is 0 Å². The summed E-state index contributed by atoms with van der Waals surface area (Å²) >= 11 is 0. The van der Waals surface area contributed by atoms with Gasteiger partial charge in [-0.05, 0) is 37.1 Å². The Morgan fingerprint density at radius 3 is 2.72 bits per heavy atom. The van der Waals surface area contributed by atoms with Crippen LogP contribution in [0.1, 0.15) is 24.6 Å². The molecule has 0 aliphatic rings. The maximum atomic E-state index is 10.6. The van der Waals surface area contributed by atoms with Crippen LogP contribution in [0.25, 0.3) is 10.9 Å². The second-order valence-corrected chi connectivity index (χ2v) is 4.68. The molecule has 3 heteroatoms. The average molecular weight is 245 g/mol. The lowest BCUT2D eigenvalue weighted by Crippen LogP contribution is -2.30. The third-order valence-corrected chi connectivity index (χ3v) is 3.33. The largest absolute Gasteiger partial charge is 0.383 e. The summed E-state index contributed by atoms with van der Waals surface area (Å²) in [4.78, 5) is 4.46. The minimum Gasteiger partial charge on any atom is -0.383 e. The predicted octanol–water partition coefficient (Wildman–Crippen LogP) is 2.79. The highest BCUT2D eigenvalue weighted by atomic mass is 16.5. The molecule has 0 radical (unpaired) electrons. The summed E-state index contributed by atoms with van der Waals surface area (Å²) in [7, 11) is 1.60. The van der Waals surface area contributed by atoms with Crippen molar-refractivity contribution in [3.8, 4) is 0 Å². The van der Waals surface area contributed by atoms with Gasteiger partial charge in [-0.15, -0.1) is 0 Å². The lowest BCUT2D eigenvalue weighted by atomic mass is 9.91. The van der Waals surface area contributed by atoms with E-state index in [2.05, 4.69) is 4.98 Å². The molecule has 0 amide bonds. The Morgan fingerprint density at radius 2 is 2.06 bits per heavy atom. The lowest BCUT2D eigenvalue weighted by molar-refractivity contribution is -0.0385. The van der Waals surface area contributed by atoms with Crippen LogP contribution in [0.5, 0.6) is 0 Å². The number of rotatable bonds is 4. The van der Waals surface area contributed by atoms with Crippen LogP contribution < -0.4 is 0 Å². The molecule has 1 N–H and O–H groups in total. The van der Waals surface area contributed by atoms with E-state index in [1.807, 2.05) is 44.2 Å². The van der Waals surface area contributed by atoms with E-state index in [0.29, 0.717) is 13.0 Å². The fourth-order valence-corrected chi connectivity index (χ4v) is 2.15. The number of pyridine rings is 1. The lowest BCUT2D eigenvalue weighted by Gasteiger charge is -2.26. The molecule has 1 heterocycles. The van der Waals surface area contributed by atoms with Gasteiger partial charge in [0, 0.05) is 18.2 Å². The highest BCUT2D eigenvalue weighted by molar-refractivity contribution is 5.79. The van der Waals surface area contributed by atoms with Gasteiger partial charge in [0.15, 0.2) is 0 Å². The monoisotopic (exact) mass is 245 g/mol. The third kappa shape index (κ3) is 2.37. The van der Waals surface area contributed by atoms with E-state index in [1.165, 1.54) is 0 Å². The quantitative estimate of drug-likeness (QED) is 0.900. The van der Waals surface area contributed by atoms with E-state index < -0.39 is 5.60 Å². The molecule has 0 spiro atoms. The van der Waals surface area contributed by atoms with Crippen molar-refractivity contribution in [3.63, 3.8) is 0 Å². The predicted molar refractivity (Wildman–Crippen MR) is 72.5 cm³/mol. The molecule has 0 bridgehead atoms. The van der Waals surface area contributed by atoms with Crippen molar-refractivity contribution in [2.24, 2.45) is 0 Å². The Hall–Kier alpha value is -1.45. The summed E-state index contributed by atoms with van der Waals surface area (Å²) in [5.74, 6) is 0. The Labute approximate surface area is 107 Å². The number of nitrogens with zero attached hydrogens (tertiary/aromatic N) is 1. The van der Waals surface area contributed by atoms with Crippen molar-refractivity contribution < 1.29 is 9.84 Å². The van der Waals surface area contributed by atoms with E-state index in [0.717, 1.165) is 22.2 Å². The van der Waals surface area contributed by atoms with Gasteiger partial charge in [-0.2, -0.15) is 0 Å². The molecule has 0 aliphatic heterocycles. The van der Waals surface area contributed by atoms with Crippen LogP contribution in [0.4, 0.5) is 0 Å². The average Bonchev–Trinajstić information content (AvgIpc) is 2.38. The van der Waals surface area contributed by atoms with Crippen LogP contribution in [0.2, 0.25) is 0 Å². The highest BCUT2D eigenvalue weighted by Crippen LogP contribution is 2.27. The molecule has 0 fully saturated rings. The number of aliphatic hydroxyl groups is 1.